The second-order valence-electron chi connectivity index (χ2n) is 4.38. The Labute approximate surface area is 102 Å². The van der Waals surface area contributed by atoms with E-state index in [0.29, 0.717) is 5.25 Å². The van der Waals surface area contributed by atoms with Gasteiger partial charge in [-0.2, -0.15) is 11.8 Å². The maximum absolute atomic E-state index is 11.3. The predicted octanol–water partition coefficient (Wildman–Crippen LogP) is 0.752. The lowest BCUT2D eigenvalue weighted by Gasteiger charge is -2.27. The van der Waals surface area contributed by atoms with Crippen LogP contribution in [0, 0.1) is 0 Å². The van der Waals surface area contributed by atoms with Gasteiger partial charge in [0.25, 0.3) is 0 Å². The third-order valence-electron chi connectivity index (χ3n) is 3.22. The van der Waals surface area contributed by atoms with Gasteiger partial charge in [-0.05, 0) is 39.0 Å². The molecule has 0 spiro atoms. The number of hydrogen-bond acceptors (Lipinski definition) is 4. The Morgan fingerprint density at radius 3 is 2.69 bits per heavy atom. The van der Waals surface area contributed by atoms with Crippen LogP contribution in [0.25, 0.3) is 0 Å². The molecule has 16 heavy (non-hydrogen) atoms. The summed E-state index contributed by atoms with van der Waals surface area (Å²) < 4.78 is 5.31. The third kappa shape index (κ3) is 3.96. The molecule has 1 atom stereocenters. The monoisotopic (exact) mass is 246 g/mol. The average molecular weight is 246 g/mol. The molecule has 1 aliphatic rings. The summed E-state index contributed by atoms with van der Waals surface area (Å²) in [7, 11) is 1.78. The molecule has 1 fully saturated rings. The number of hydrogen-bond donors (Lipinski definition) is 2. The largest absolute Gasteiger partial charge is 0.381 e. The first-order valence-corrected chi connectivity index (χ1v) is 6.81. The van der Waals surface area contributed by atoms with E-state index >= 15 is 0 Å². The van der Waals surface area contributed by atoms with Crippen LogP contribution in [0.3, 0.4) is 0 Å². The Bertz CT molecular complexity index is 232. The van der Waals surface area contributed by atoms with E-state index in [1.54, 1.807) is 7.05 Å². The molecule has 4 nitrogen and oxygen atoms in total. The van der Waals surface area contributed by atoms with Gasteiger partial charge in [-0.15, -0.1) is 0 Å². The number of carbonyl (C=O) groups is 1. The van der Waals surface area contributed by atoms with Gasteiger partial charge in [0.2, 0.25) is 5.91 Å². The summed E-state index contributed by atoms with van der Waals surface area (Å²) in [6.07, 6.45) is 3.02. The molecule has 1 amide bonds. The molecule has 1 saturated heterocycles. The van der Waals surface area contributed by atoms with Crippen molar-refractivity contribution in [2.45, 2.75) is 37.0 Å². The Hall–Kier alpha value is -0.260. The highest BCUT2D eigenvalue weighted by Gasteiger charge is 2.28. The highest BCUT2D eigenvalue weighted by atomic mass is 32.2. The number of nitrogens with two attached hydrogens (primary N) is 1. The van der Waals surface area contributed by atoms with Gasteiger partial charge in [0.05, 0.1) is 5.54 Å². The predicted molar refractivity (Wildman–Crippen MR) is 67.6 cm³/mol. The quantitative estimate of drug-likeness (QED) is 0.726. The fourth-order valence-electron chi connectivity index (χ4n) is 1.64. The van der Waals surface area contributed by atoms with Gasteiger partial charge in [0, 0.05) is 18.5 Å². The Balaban J connectivity index is 2.25. The zero-order chi connectivity index (χ0) is 12.0. The molecule has 94 valence electrons. The summed E-state index contributed by atoms with van der Waals surface area (Å²) in [5.74, 6) is 0.688. The van der Waals surface area contributed by atoms with Crippen LogP contribution in [0.2, 0.25) is 0 Å². The van der Waals surface area contributed by atoms with Gasteiger partial charge < -0.3 is 15.8 Å². The van der Waals surface area contributed by atoms with E-state index in [1.165, 1.54) is 0 Å². The summed E-state index contributed by atoms with van der Waals surface area (Å²) >= 11 is 1.93. The summed E-state index contributed by atoms with van der Waals surface area (Å²) in [6.45, 7) is 3.60. The second-order valence-corrected chi connectivity index (χ2v) is 5.79. The van der Waals surface area contributed by atoms with Crippen LogP contribution >= 0.6 is 11.8 Å². The number of thioether (sulfide) groups is 1. The first-order valence-electron chi connectivity index (χ1n) is 5.76. The van der Waals surface area contributed by atoms with Crippen molar-refractivity contribution in [1.82, 2.24) is 5.32 Å². The molecular weight excluding hydrogens is 224 g/mol. The van der Waals surface area contributed by atoms with Crippen LogP contribution in [-0.2, 0) is 9.53 Å². The zero-order valence-corrected chi connectivity index (χ0v) is 10.9. The third-order valence-corrected chi connectivity index (χ3v) is 4.60. The van der Waals surface area contributed by atoms with Crippen LogP contribution in [0.4, 0.5) is 0 Å². The molecular formula is C11H22N2O2S. The molecule has 3 N–H and O–H groups in total. The molecule has 0 aliphatic carbocycles. The number of ether oxygens (including phenoxy) is 1. The Morgan fingerprint density at radius 1 is 1.56 bits per heavy atom. The standard InChI is InChI=1S/C11H22N2O2S/c1-11(13-2,10(12)14)5-8-16-9-3-6-15-7-4-9/h9,13H,3-8H2,1-2H3,(H2,12,14). The number of rotatable bonds is 6. The SMILES string of the molecule is CNC(C)(CCSC1CCOCC1)C(N)=O. The molecule has 0 aromatic heterocycles. The second kappa shape index (κ2) is 6.47. The van der Waals surface area contributed by atoms with Gasteiger partial charge in [-0.1, -0.05) is 0 Å². The first-order chi connectivity index (χ1) is 7.58. The van der Waals surface area contributed by atoms with Crippen molar-refractivity contribution >= 4 is 17.7 Å². The minimum absolute atomic E-state index is 0.275. The van der Waals surface area contributed by atoms with E-state index in [4.69, 9.17) is 10.5 Å². The number of amides is 1. The van der Waals surface area contributed by atoms with E-state index in [2.05, 4.69) is 5.32 Å². The van der Waals surface area contributed by atoms with Gasteiger partial charge in [-0.3, -0.25) is 4.79 Å². The topological polar surface area (TPSA) is 64.3 Å². The van der Waals surface area contributed by atoms with Crippen molar-refractivity contribution in [2.24, 2.45) is 5.73 Å². The Morgan fingerprint density at radius 2 is 2.19 bits per heavy atom. The van der Waals surface area contributed by atoms with Crippen molar-refractivity contribution in [3.8, 4) is 0 Å². The van der Waals surface area contributed by atoms with Crippen molar-refractivity contribution in [3.05, 3.63) is 0 Å². The van der Waals surface area contributed by atoms with Gasteiger partial charge in [0.15, 0.2) is 0 Å². The maximum atomic E-state index is 11.3. The summed E-state index contributed by atoms with van der Waals surface area (Å²) in [4.78, 5) is 11.3. The number of likely N-dealkylation sites (N-methyl/N-ethyl adjacent to an activating group) is 1. The number of nitrogens with one attached hydrogen (secondary N) is 1. The molecule has 0 bridgehead atoms. The van der Waals surface area contributed by atoms with Gasteiger partial charge >= 0.3 is 0 Å². The van der Waals surface area contributed by atoms with Crippen molar-refractivity contribution < 1.29 is 9.53 Å². The van der Waals surface area contributed by atoms with Crippen LogP contribution in [0.1, 0.15) is 26.2 Å². The van der Waals surface area contributed by atoms with E-state index in [0.717, 1.165) is 38.2 Å². The molecule has 1 heterocycles. The summed E-state index contributed by atoms with van der Waals surface area (Å²) in [5, 5.41) is 3.69. The molecule has 0 aromatic rings. The lowest BCUT2D eigenvalue weighted by molar-refractivity contribution is -0.123. The Kier molecular flexibility index (Phi) is 5.58. The zero-order valence-electron chi connectivity index (χ0n) is 10.1. The smallest absolute Gasteiger partial charge is 0.237 e. The fourth-order valence-corrected chi connectivity index (χ4v) is 3.03. The van der Waals surface area contributed by atoms with Gasteiger partial charge in [-0.25, -0.2) is 0 Å². The van der Waals surface area contributed by atoms with Crippen molar-refractivity contribution in [1.29, 1.82) is 0 Å². The normalized spacial score (nSPS) is 21.6. The fraction of sp³-hybridized carbons (Fsp3) is 0.909. The lowest BCUT2D eigenvalue weighted by Crippen LogP contribution is -2.51. The average Bonchev–Trinajstić information content (AvgIpc) is 2.30. The first kappa shape index (κ1) is 13.8. The molecule has 1 rings (SSSR count). The summed E-state index contributed by atoms with van der Waals surface area (Å²) in [5.41, 5.74) is 4.80. The van der Waals surface area contributed by atoms with E-state index in [1.807, 2.05) is 18.7 Å². The molecule has 0 saturated carbocycles. The molecule has 1 aliphatic heterocycles. The maximum Gasteiger partial charge on any atom is 0.237 e. The lowest BCUT2D eigenvalue weighted by atomic mass is 9.99. The van der Waals surface area contributed by atoms with Crippen LogP contribution in [-0.4, -0.2) is 42.7 Å². The minimum atomic E-state index is -0.571. The van der Waals surface area contributed by atoms with Gasteiger partial charge in [0.1, 0.15) is 0 Å². The van der Waals surface area contributed by atoms with E-state index in [-0.39, 0.29) is 5.91 Å². The van der Waals surface area contributed by atoms with Crippen molar-refractivity contribution in [3.63, 3.8) is 0 Å². The van der Waals surface area contributed by atoms with Crippen LogP contribution in [0.5, 0.6) is 0 Å². The minimum Gasteiger partial charge on any atom is -0.381 e. The van der Waals surface area contributed by atoms with E-state index in [9.17, 15) is 4.79 Å². The molecule has 1 unspecified atom stereocenters. The highest BCUT2D eigenvalue weighted by Crippen LogP contribution is 2.24. The van der Waals surface area contributed by atoms with Crippen LogP contribution < -0.4 is 11.1 Å². The number of primary amides is 1. The molecule has 5 heteroatoms. The highest BCUT2D eigenvalue weighted by molar-refractivity contribution is 7.99. The van der Waals surface area contributed by atoms with Crippen LogP contribution in [0.15, 0.2) is 0 Å². The molecule has 0 radical (unpaired) electrons. The molecule has 0 aromatic carbocycles. The van der Waals surface area contributed by atoms with E-state index < -0.39 is 5.54 Å². The summed E-state index contributed by atoms with van der Waals surface area (Å²) in [6, 6.07) is 0. The number of carbonyl (C=O) groups excluding carboxylic acids is 1. The van der Waals surface area contributed by atoms with Crippen molar-refractivity contribution in [2.75, 3.05) is 26.0 Å².